The topological polar surface area (TPSA) is 33.1 Å². The van der Waals surface area contributed by atoms with Gasteiger partial charge in [-0.3, -0.25) is 0 Å². The number of nitrogens with one attached hydrogen (secondary N) is 1. The maximum absolute atomic E-state index is 4.14. The first-order valence-electron chi connectivity index (χ1n) is 7.29. The molecule has 1 aromatic carbocycles. The molecule has 1 saturated heterocycles. The molecule has 1 fully saturated rings. The summed E-state index contributed by atoms with van der Waals surface area (Å²) in [7, 11) is 2.04. The molecule has 20 heavy (non-hydrogen) atoms. The first kappa shape index (κ1) is 13.2. The number of imidazole rings is 1. The SMILES string of the molecule is Cn1cncc1CNCC1CCN(c2ccccc2)C1. The number of para-hydroxylation sites is 1. The lowest BCUT2D eigenvalue weighted by Crippen LogP contribution is -2.26. The zero-order valence-corrected chi connectivity index (χ0v) is 12.0. The fourth-order valence-electron chi connectivity index (χ4n) is 2.83. The molecule has 4 nitrogen and oxygen atoms in total. The predicted molar refractivity (Wildman–Crippen MR) is 81.7 cm³/mol. The molecular weight excluding hydrogens is 248 g/mol. The van der Waals surface area contributed by atoms with E-state index in [0.29, 0.717) is 0 Å². The average Bonchev–Trinajstić information content (AvgIpc) is 3.10. The van der Waals surface area contributed by atoms with E-state index in [0.717, 1.165) is 25.6 Å². The standard InChI is InChI=1S/C16H22N4/c1-19-13-18-11-16(19)10-17-9-14-7-8-20(12-14)15-5-3-2-4-6-15/h2-6,11,13-14,17H,7-10,12H2,1H3. The molecule has 1 N–H and O–H groups in total. The number of anilines is 1. The number of aromatic nitrogens is 2. The van der Waals surface area contributed by atoms with E-state index >= 15 is 0 Å². The van der Waals surface area contributed by atoms with Crippen molar-refractivity contribution in [3.05, 3.63) is 48.5 Å². The van der Waals surface area contributed by atoms with Crippen molar-refractivity contribution in [2.45, 2.75) is 13.0 Å². The maximum atomic E-state index is 4.14. The predicted octanol–water partition coefficient (Wildman–Crippen LogP) is 2.04. The van der Waals surface area contributed by atoms with Gasteiger partial charge in [0.1, 0.15) is 0 Å². The third-order valence-corrected chi connectivity index (χ3v) is 4.06. The molecule has 1 aromatic heterocycles. The third-order valence-electron chi connectivity index (χ3n) is 4.06. The lowest BCUT2D eigenvalue weighted by molar-refractivity contribution is 0.510. The summed E-state index contributed by atoms with van der Waals surface area (Å²) in [6.07, 6.45) is 5.05. The molecule has 0 spiro atoms. The minimum Gasteiger partial charge on any atom is -0.371 e. The van der Waals surface area contributed by atoms with Crippen LogP contribution in [0.15, 0.2) is 42.9 Å². The molecule has 0 radical (unpaired) electrons. The van der Waals surface area contributed by atoms with Crippen LogP contribution in [0.1, 0.15) is 12.1 Å². The van der Waals surface area contributed by atoms with Crippen LogP contribution in [-0.2, 0) is 13.6 Å². The molecule has 0 bridgehead atoms. The highest BCUT2D eigenvalue weighted by molar-refractivity contribution is 5.46. The molecule has 0 amide bonds. The molecule has 1 atom stereocenters. The van der Waals surface area contributed by atoms with Crippen LogP contribution in [-0.4, -0.2) is 29.2 Å². The van der Waals surface area contributed by atoms with Crippen LogP contribution in [0, 0.1) is 5.92 Å². The molecular formula is C16H22N4. The molecule has 1 aliphatic heterocycles. The van der Waals surface area contributed by atoms with Gasteiger partial charge in [0.2, 0.25) is 0 Å². The molecule has 2 aromatic rings. The van der Waals surface area contributed by atoms with Crippen molar-refractivity contribution in [2.24, 2.45) is 13.0 Å². The number of rotatable bonds is 5. The zero-order valence-electron chi connectivity index (χ0n) is 12.0. The molecule has 0 saturated carbocycles. The Bertz CT molecular complexity index is 534. The Morgan fingerprint density at radius 2 is 2.15 bits per heavy atom. The minimum atomic E-state index is 0.739. The van der Waals surface area contributed by atoms with Crippen LogP contribution < -0.4 is 10.2 Å². The summed E-state index contributed by atoms with van der Waals surface area (Å²) < 4.78 is 2.07. The Morgan fingerprint density at radius 3 is 2.90 bits per heavy atom. The van der Waals surface area contributed by atoms with Crippen LogP contribution >= 0.6 is 0 Å². The summed E-state index contributed by atoms with van der Waals surface area (Å²) in [5.74, 6) is 0.739. The van der Waals surface area contributed by atoms with Gasteiger partial charge in [0.15, 0.2) is 0 Å². The van der Waals surface area contributed by atoms with E-state index in [4.69, 9.17) is 0 Å². The first-order chi connectivity index (χ1) is 9.83. The lowest BCUT2D eigenvalue weighted by atomic mass is 10.1. The number of benzene rings is 1. The summed E-state index contributed by atoms with van der Waals surface area (Å²) >= 11 is 0. The van der Waals surface area contributed by atoms with Gasteiger partial charge in [-0.25, -0.2) is 4.98 Å². The summed E-state index contributed by atoms with van der Waals surface area (Å²) in [5.41, 5.74) is 2.59. The normalized spacial score (nSPS) is 18.6. The Morgan fingerprint density at radius 1 is 1.30 bits per heavy atom. The van der Waals surface area contributed by atoms with Crippen molar-refractivity contribution in [1.29, 1.82) is 0 Å². The Labute approximate surface area is 120 Å². The lowest BCUT2D eigenvalue weighted by Gasteiger charge is -2.18. The monoisotopic (exact) mass is 270 g/mol. The highest BCUT2D eigenvalue weighted by Gasteiger charge is 2.22. The van der Waals surface area contributed by atoms with Gasteiger partial charge in [-0.2, -0.15) is 0 Å². The Hall–Kier alpha value is -1.81. The van der Waals surface area contributed by atoms with E-state index < -0.39 is 0 Å². The second kappa shape index (κ2) is 6.09. The van der Waals surface area contributed by atoms with Crippen LogP contribution in [0.2, 0.25) is 0 Å². The second-order valence-electron chi connectivity index (χ2n) is 5.56. The second-order valence-corrected chi connectivity index (χ2v) is 5.56. The molecule has 1 unspecified atom stereocenters. The van der Waals surface area contributed by atoms with Gasteiger partial charge < -0.3 is 14.8 Å². The van der Waals surface area contributed by atoms with Crippen molar-refractivity contribution in [3.63, 3.8) is 0 Å². The van der Waals surface area contributed by atoms with Gasteiger partial charge in [0, 0.05) is 45.1 Å². The quantitative estimate of drug-likeness (QED) is 0.902. The van der Waals surface area contributed by atoms with Crippen molar-refractivity contribution < 1.29 is 0 Å². The largest absolute Gasteiger partial charge is 0.371 e. The van der Waals surface area contributed by atoms with Crippen molar-refractivity contribution in [3.8, 4) is 0 Å². The van der Waals surface area contributed by atoms with Gasteiger partial charge in [-0.15, -0.1) is 0 Å². The number of nitrogens with zero attached hydrogens (tertiary/aromatic N) is 3. The van der Waals surface area contributed by atoms with Crippen molar-refractivity contribution in [1.82, 2.24) is 14.9 Å². The van der Waals surface area contributed by atoms with Gasteiger partial charge >= 0.3 is 0 Å². The minimum absolute atomic E-state index is 0.739. The molecule has 106 valence electrons. The van der Waals surface area contributed by atoms with Gasteiger partial charge in [0.05, 0.1) is 12.0 Å². The van der Waals surface area contributed by atoms with Crippen LogP contribution in [0.3, 0.4) is 0 Å². The highest BCUT2D eigenvalue weighted by Crippen LogP contribution is 2.22. The number of hydrogen-bond donors (Lipinski definition) is 1. The third kappa shape index (κ3) is 3.02. The average molecular weight is 270 g/mol. The Kier molecular flexibility index (Phi) is 4.02. The van der Waals surface area contributed by atoms with Crippen LogP contribution in [0.5, 0.6) is 0 Å². The summed E-state index contributed by atoms with van der Waals surface area (Å²) in [4.78, 5) is 6.62. The maximum Gasteiger partial charge on any atom is 0.0945 e. The smallest absolute Gasteiger partial charge is 0.0945 e. The van der Waals surface area contributed by atoms with Crippen molar-refractivity contribution in [2.75, 3.05) is 24.5 Å². The molecule has 4 heteroatoms. The summed E-state index contributed by atoms with van der Waals surface area (Å²) in [6, 6.07) is 10.7. The summed E-state index contributed by atoms with van der Waals surface area (Å²) in [5, 5.41) is 3.56. The molecule has 0 aliphatic carbocycles. The zero-order chi connectivity index (χ0) is 13.8. The van der Waals surface area contributed by atoms with Gasteiger partial charge in [-0.1, -0.05) is 18.2 Å². The fourth-order valence-corrected chi connectivity index (χ4v) is 2.83. The molecule has 3 rings (SSSR count). The van der Waals surface area contributed by atoms with E-state index in [9.17, 15) is 0 Å². The van der Waals surface area contributed by atoms with Crippen LogP contribution in [0.4, 0.5) is 5.69 Å². The number of aryl methyl sites for hydroxylation is 1. The van der Waals surface area contributed by atoms with E-state index in [1.807, 2.05) is 19.6 Å². The van der Waals surface area contributed by atoms with E-state index in [2.05, 4.69) is 50.1 Å². The molecule has 1 aliphatic rings. The van der Waals surface area contributed by atoms with Gasteiger partial charge in [0.25, 0.3) is 0 Å². The van der Waals surface area contributed by atoms with E-state index in [-0.39, 0.29) is 0 Å². The fraction of sp³-hybridized carbons (Fsp3) is 0.438. The van der Waals surface area contributed by atoms with Crippen LogP contribution in [0.25, 0.3) is 0 Å². The van der Waals surface area contributed by atoms with E-state index in [1.54, 1.807) is 0 Å². The van der Waals surface area contributed by atoms with Gasteiger partial charge in [-0.05, 0) is 24.5 Å². The molecule has 2 heterocycles. The van der Waals surface area contributed by atoms with E-state index in [1.165, 1.54) is 24.3 Å². The first-order valence-corrected chi connectivity index (χ1v) is 7.29. The number of hydrogen-bond acceptors (Lipinski definition) is 3. The Balaban J connectivity index is 1.45. The van der Waals surface area contributed by atoms with Crippen molar-refractivity contribution >= 4 is 5.69 Å². The highest BCUT2D eigenvalue weighted by atomic mass is 15.2. The summed E-state index contributed by atoms with van der Waals surface area (Å²) in [6.45, 7) is 4.30.